The molecule has 6 heteroatoms. The van der Waals surface area contributed by atoms with Crippen molar-refractivity contribution >= 4 is 11.6 Å². The molecule has 1 N–H and O–H groups in total. The maximum atomic E-state index is 12.5. The molecule has 0 unspecified atom stereocenters. The van der Waals surface area contributed by atoms with Crippen LogP contribution in [-0.4, -0.2) is 10.1 Å². The van der Waals surface area contributed by atoms with Gasteiger partial charge in [-0.05, 0) is 23.8 Å². The van der Waals surface area contributed by atoms with Gasteiger partial charge < -0.3 is 5.11 Å². The molecule has 0 radical (unpaired) electrons. The third-order valence-corrected chi connectivity index (χ3v) is 2.82. The van der Waals surface area contributed by atoms with E-state index in [-0.39, 0.29) is 6.61 Å². The second-order valence-corrected chi connectivity index (χ2v) is 4.32. The van der Waals surface area contributed by atoms with Gasteiger partial charge in [0.25, 0.3) is 0 Å². The predicted molar refractivity (Wildman–Crippen MR) is 65.6 cm³/mol. The van der Waals surface area contributed by atoms with Crippen LogP contribution in [0.25, 0.3) is 11.1 Å². The lowest BCUT2D eigenvalue weighted by atomic mass is 10.0. The summed E-state index contributed by atoms with van der Waals surface area (Å²) >= 11 is 5.80. The summed E-state index contributed by atoms with van der Waals surface area (Å²) < 4.78 is 37.4. The van der Waals surface area contributed by atoms with Crippen molar-refractivity contribution < 1.29 is 18.3 Å². The van der Waals surface area contributed by atoms with Crippen LogP contribution in [0.4, 0.5) is 13.2 Å². The van der Waals surface area contributed by atoms with Gasteiger partial charge >= 0.3 is 6.18 Å². The van der Waals surface area contributed by atoms with Crippen LogP contribution >= 0.6 is 11.6 Å². The number of hydrogen-bond acceptors (Lipinski definition) is 2. The molecule has 0 saturated carbocycles. The SMILES string of the molecule is OCc1ncc(Cl)cc1-c1ccc(C(F)(F)F)cc1. The normalized spacial score (nSPS) is 11.6. The lowest BCUT2D eigenvalue weighted by molar-refractivity contribution is -0.137. The van der Waals surface area contributed by atoms with Gasteiger partial charge in [-0.3, -0.25) is 4.98 Å². The summed E-state index contributed by atoms with van der Waals surface area (Å²) in [6.45, 7) is -0.312. The Balaban J connectivity index is 2.45. The molecule has 2 rings (SSSR count). The Kier molecular flexibility index (Phi) is 3.78. The molecule has 0 fully saturated rings. The number of rotatable bonds is 2. The van der Waals surface area contributed by atoms with Gasteiger partial charge in [-0.1, -0.05) is 23.7 Å². The van der Waals surface area contributed by atoms with E-state index in [9.17, 15) is 13.2 Å². The van der Waals surface area contributed by atoms with E-state index in [0.717, 1.165) is 12.1 Å². The molecule has 0 aliphatic carbocycles. The molecule has 2 nitrogen and oxygen atoms in total. The van der Waals surface area contributed by atoms with Crippen molar-refractivity contribution in [2.45, 2.75) is 12.8 Å². The van der Waals surface area contributed by atoms with Gasteiger partial charge in [-0.25, -0.2) is 0 Å². The lowest BCUT2D eigenvalue weighted by Crippen LogP contribution is -2.04. The van der Waals surface area contributed by atoms with Crippen LogP contribution < -0.4 is 0 Å². The molecule has 100 valence electrons. The summed E-state index contributed by atoms with van der Waals surface area (Å²) in [7, 11) is 0. The Morgan fingerprint density at radius 1 is 1.16 bits per heavy atom. The minimum absolute atomic E-state index is 0.312. The summed E-state index contributed by atoms with van der Waals surface area (Å²) in [6, 6.07) is 6.18. The fourth-order valence-electron chi connectivity index (χ4n) is 1.68. The van der Waals surface area contributed by atoms with Gasteiger partial charge in [0, 0.05) is 11.8 Å². The van der Waals surface area contributed by atoms with Crippen molar-refractivity contribution in [1.82, 2.24) is 4.98 Å². The molecule has 0 amide bonds. The van der Waals surface area contributed by atoms with Gasteiger partial charge in [0.1, 0.15) is 0 Å². The lowest BCUT2D eigenvalue weighted by Gasteiger charge is -2.10. The first-order valence-corrected chi connectivity index (χ1v) is 5.72. The molecule has 1 aromatic heterocycles. The maximum Gasteiger partial charge on any atom is 0.416 e. The van der Waals surface area contributed by atoms with Crippen LogP contribution in [0.15, 0.2) is 36.5 Å². The zero-order valence-corrected chi connectivity index (χ0v) is 10.3. The highest BCUT2D eigenvalue weighted by Crippen LogP contribution is 2.32. The fraction of sp³-hybridized carbons (Fsp3) is 0.154. The summed E-state index contributed by atoms with van der Waals surface area (Å²) in [5, 5.41) is 9.52. The quantitative estimate of drug-likeness (QED) is 0.908. The number of pyridine rings is 1. The first-order chi connectivity index (χ1) is 8.91. The number of aliphatic hydroxyl groups is 1. The number of halogens is 4. The molecule has 2 aromatic rings. The Hall–Kier alpha value is -1.59. The van der Waals surface area contributed by atoms with E-state index in [1.165, 1.54) is 18.3 Å². The number of aliphatic hydroxyl groups excluding tert-OH is 1. The number of nitrogens with zero attached hydrogens (tertiary/aromatic N) is 1. The molecule has 0 aliphatic rings. The van der Waals surface area contributed by atoms with Crippen molar-refractivity contribution in [3.05, 3.63) is 52.8 Å². The largest absolute Gasteiger partial charge is 0.416 e. The van der Waals surface area contributed by atoms with Gasteiger partial charge in [0.15, 0.2) is 0 Å². The second kappa shape index (κ2) is 5.19. The fourth-order valence-corrected chi connectivity index (χ4v) is 1.84. The highest BCUT2D eigenvalue weighted by atomic mass is 35.5. The molecule has 0 bridgehead atoms. The summed E-state index contributed by atoms with van der Waals surface area (Å²) in [4.78, 5) is 3.94. The van der Waals surface area contributed by atoms with E-state index >= 15 is 0 Å². The van der Waals surface area contributed by atoms with E-state index in [1.54, 1.807) is 6.07 Å². The highest BCUT2D eigenvalue weighted by Gasteiger charge is 2.30. The van der Waals surface area contributed by atoms with E-state index in [4.69, 9.17) is 16.7 Å². The van der Waals surface area contributed by atoms with Crippen molar-refractivity contribution in [2.75, 3.05) is 0 Å². The van der Waals surface area contributed by atoms with Crippen LogP contribution in [0, 0.1) is 0 Å². The molecule has 0 spiro atoms. The Morgan fingerprint density at radius 2 is 1.79 bits per heavy atom. The topological polar surface area (TPSA) is 33.1 Å². The Morgan fingerprint density at radius 3 is 2.32 bits per heavy atom. The third-order valence-electron chi connectivity index (χ3n) is 2.61. The zero-order valence-electron chi connectivity index (χ0n) is 9.58. The van der Waals surface area contributed by atoms with Crippen LogP contribution in [0.1, 0.15) is 11.3 Å². The maximum absolute atomic E-state index is 12.5. The molecular formula is C13H9ClF3NO. The summed E-state index contributed by atoms with van der Waals surface area (Å²) in [5.74, 6) is 0. The van der Waals surface area contributed by atoms with Gasteiger partial charge in [0.2, 0.25) is 0 Å². The van der Waals surface area contributed by atoms with Gasteiger partial charge in [-0.2, -0.15) is 13.2 Å². The number of hydrogen-bond donors (Lipinski definition) is 1. The second-order valence-electron chi connectivity index (χ2n) is 3.88. The van der Waals surface area contributed by atoms with Crippen LogP contribution in [0.2, 0.25) is 5.02 Å². The summed E-state index contributed by atoms with van der Waals surface area (Å²) in [5.41, 5.74) is 0.678. The number of alkyl halides is 3. The van der Waals surface area contributed by atoms with Gasteiger partial charge in [-0.15, -0.1) is 0 Å². The highest BCUT2D eigenvalue weighted by molar-refractivity contribution is 6.30. The van der Waals surface area contributed by atoms with E-state index < -0.39 is 11.7 Å². The third kappa shape index (κ3) is 3.05. The van der Waals surface area contributed by atoms with E-state index in [0.29, 0.717) is 21.8 Å². The average molecular weight is 288 g/mol. The van der Waals surface area contributed by atoms with Crippen molar-refractivity contribution in [3.8, 4) is 11.1 Å². The monoisotopic (exact) mass is 287 g/mol. The summed E-state index contributed by atoms with van der Waals surface area (Å²) in [6.07, 6.45) is -2.99. The first kappa shape index (κ1) is 13.8. The average Bonchev–Trinajstić information content (AvgIpc) is 2.38. The zero-order chi connectivity index (χ0) is 14.0. The standard InChI is InChI=1S/C13H9ClF3NO/c14-10-5-11(12(7-19)18-6-10)8-1-3-9(4-2-8)13(15,16)17/h1-6,19H,7H2. The van der Waals surface area contributed by atoms with Crippen LogP contribution in [-0.2, 0) is 12.8 Å². The molecule has 0 atom stereocenters. The molecule has 0 saturated heterocycles. The first-order valence-electron chi connectivity index (χ1n) is 5.34. The molecule has 0 aliphatic heterocycles. The Labute approximate surface area is 112 Å². The number of benzene rings is 1. The van der Waals surface area contributed by atoms with E-state index in [1.807, 2.05) is 0 Å². The number of aromatic nitrogens is 1. The van der Waals surface area contributed by atoms with Crippen LogP contribution in [0.5, 0.6) is 0 Å². The van der Waals surface area contributed by atoms with Crippen molar-refractivity contribution in [1.29, 1.82) is 0 Å². The molecule has 19 heavy (non-hydrogen) atoms. The minimum atomic E-state index is -4.37. The smallest absolute Gasteiger partial charge is 0.390 e. The minimum Gasteiger partial charge on any atom is -0.390 e. The van der Waals surface area contributed by atoms with Crippen molar-refractivity contribution in [2.24, 2.45) is 0 Å². The predicted octanol–water partition coefficient (Wildman–Crippen LogP) is 3.91. The van der Waals surface area contributed by atoms with Crippen molar-refractivity contribution in [3.63, 3.8) is 0 Å². The molecular weight excluding hydrogens is 279 g/mol. The molecule has 1 aromatic carbocycles. The Bertz CT molecular complexity index is 581. The van der Waals surface area contributed by atoms with Gasteiger partial charge in [0.05, 0.1) is 22.9 Å². The molecule has 1 heterocycles. The van der Waals surface area contributed by atoms with Crippen LogP contribution in [0.3, 0.4) is 0 Å². The van der Waals surface area contributed by atoms with E-state index in [2.05, 4.69) is 4.98 Å².